The van der Waals surface area contributed by atoms with Crippen LogP contribution in [0, 0.1) is 0 Å². The van der Waals surface area contributed by atoms with Crippen molar-refractivity contribution in [2.75, 3.05) is 0 Å². The summed E-state index contributed by atoms with van der Waals surface area (Å²) in [5, 5.41) is 4.60. The molecule has 0 unspecified atom stereocenters. The molecule has 3 aromatic carbocycles. The Hall–Kier alpha value is -2.82. The number of halogens is 2. The number of rotatable bonds is 5. The van der Waals surface area contributed by atoms with Crippen LogP contribution in [0.15, 0.2) is 77.3 Å². The van der Waals surface area contributed by atoms with Crippen LogP contribution >= 0.6 is 27.5 Å². The van der Waals surface area contributed by atoms with E-state index in [1.165, 1.54) is 0 Å². The molecule has 0 aliphatic rings. The number of hydrogen-bond donors (Lipinski definition) is 2. The van der Waals surface area contributed by atoms with Gasteiger partial charge in [-0.3, -0.25) is 4.79 Å². The average molecular weight is 466 g/mol. The SMILES string of the molecule is O=C(NCc1ccccc1)c1cc(Br)cc2[nH]c(C=Cc3ccc(Cl)cc3)cc12. The lowest BCUT2D eigenvalue weighted by Gasteiger charge is -2.07. The monoisotopic (exact) mass is 464 g/mol. The molecule has 1 amide bonds. The predicted molar refractivity (Wildman–Crippen MR) is 124 cm³/mol. The summed E-state index contributed by atoms with van der Waals surface area (Å²) in [6.07, 6.45) is 3.99. The van der Waals surface area contributed by atoms with E-state index in [0.29, 0.717) is 17.1 Å². The van der Waals surface area contributed by atoms with Crippen LogP contribution in [0.5, 0.6) is 0 Å². The van der Waals surface area contributed by atoms with Gasteiger partial charge in [0.15, 0.2) is 0 Å². The maximum absolute atomic E-state index is 12.8. The van der Waals surface area contributed by atoms with Crippen LogP contribution in [0.3, 0.4) is 0 Å². The second kappa shape index (κ2) is 8.68. The average Bonchev–Trinajstić information content (AvgIpc) is 3.14. The molecule has 4 rings (SSSR count). The number of carbonyl (C=O) groups is 1. The fraction of sp³-hybridized carbons (Fsp3) is 0.0417. The van der Waals surface area contributed by atoms with Crippen molar-refractivity contribution in [2.45, 2.75) is 6.54 Å². The second-order valence-electron chi connectivity index (χ2n) is 6.69. The Morgan fingerprint density at radius 2 is 1.76 bits per heavy atom. The van der Waals surface area contributed by atoms with Crippen molar-refractivity contribution in [2.24, 2.45) is 0 Å². The Balaban J connectivity index is 1.59. The van der Waals surface area contributed by atoms with Crippen LogP contribution < -0.4 is 5.32 Å². The van der Waals surface area contributed by atoms with Gasteiger partial charge in [0, 0.05) is 38.2 Å². The van der Waals surface area contributed by atoms with Gasteiger partial charge in [-0.05, 0) is 47.5 Å². The van der Waals surface area contributed by atoms with Gasteiger partial charge in [-0.25, -0.2) is 0 Å². The van der Waals surface area contributed by atoms with Crippen LogP contribution in [0.25, 0.3) is 23.1 Å². The number of carbonyl (C=O) groups excluding carboxylic acids is 1. The van der Waals surface area contributed by atoms with E-state index in [1.54, 1.807) is 0 Å². The Labute approximate surface area is 182 Å². The van der Waals surface area contributed by atoms with Crippen LogP contribution in [0.2, 0.25) is 5.02 Å². The molecular formula is C24H18BrClN2O. The van der Waals surface area contributed by atoms with Gasteiger partial charge in [-0.1, -0.05) is 76.1 Å². The van der Waals surface area contributed by atoms with Crippen molar-refractivity contribution < 1.29 is 4.79 Å². The molecule has 1 heterocycles. The van der Waals surface area contributed by atoms with Gasteiger partial charge in [0.05, 0.1) is 0 Å². The van der Waals surface area contributed by atoms with E-state index in [4.69, 9.17) is 11.6 Å². The lowest BCUT2D eigenvalue weighted by molar-refractivity contribution is 0.0952. The number of amides is 1. The minimum atomic E-state index is -0.104. The molecule has 1 aromatic heterocycles. The maximum Gasteiger partial charge on any atom is 0.252 e. The highest BCUT2D eigenvalue weighted by Gasteiger charge is 2.13. The van der Waals surface area contributed by atoms with E-state index >= 15 is 0 Å². The maximum atomic E-state index is 12.8. The lowest BCUT2D eigenvalue weighted by atomic mass is 10.1. The van der Waals surface area contributed by atoms with Gasteiger partial charge in [-0.2, -0.15) is 0 Å². The van der Waals surface area contributed by atoms with Gasteiger partial charge in [0.25, 0.3) is 5.91 Å². The van der Waals surface area contributed by atoms with Crippen molar-refractivity contribution in [3.05, 3.63) is 105 Å². The number of hydrogen-bond acceptors (Lipinski definition) is 1. The van der Waals surface area contributed by atoms with Crippen molar-refractivity contribution in [3.63, 3.8) is 0 Å². The van der Waals surface area contributed by atoms with Gasteiger partial charge < -0.3 is 10.3 Å². The first kappa shape index (κ1) is 19.5. The lowest BCUT2D eigenvalue weighted by Crippen LogP contribution is -2.22. The molecule has 0 aliphatic carbocycles. The number of aromatic nitrogens is 1. The van der Waals surface area contributed by atoms with Crippen molar-refractivity contribution >= 4 is 56.5 Å². The normalized spacial score (nSPS) is 11.2. The Morgan fingerprint density at radius 3 is 2.52 bits per heavy atom. The largest absolute Gasteiger partial charge is 0.355 e. The quantitative estimate of drug-likeness (QED) is 0.339. The molecule has 0 radical (unpaired) electrons. The van der Waals surface area contributed by atoms with Crippen molar-refractivity contribution in [1.29, 1.82) is 0 Å². The first-order valence-electron chi connectivity index (χ1n) is 9.16. The standard InChI is InChI=1S/C24H18BrClN2O/c25-18-12-22(24(29)27-15-17-4-2-1-3-5-17)21-14-20(28-23(21)13-18)11-8-16-6-9-19(26)10-7-16/h1-14,28H,15H2,(H,27,29). The molecule has 0 aliphatic heterocycles. The summed E-state index contributed by atoms with van der Waals surface area (Å²) in [6, 6.07) is 23.3. The number of aromatic amines is 1. The smallest absolute Gasteiger partial charge is 0.252 e. The highest BCUT2D eigenvalue weighted by molar-refractivity contribution is 9.10. The van der Waals surface area contributed by atoms with Crippen molar-refractivity contribution in [3.8, 4) is 0 Å². The summed E-state index contributed by atoms with van der Waals surface area (Å²) in [7, 11) is 0. The van der Waals surface area contributed by atoms with Gasteiger partial charge in [0.1, 0.15) is 0 Å². The topological polar surface area (TPSA) is 44.9 Å². The summed E-state index contributed by atoms with van der Waals surface area (Å²) in [4.78, 5) is 16.2. The molecule has 0 spiro atoms. The van der Waals surface area contributed by atoms with Gasteiger partial charge >= 0.3 is 0 Å². The highest BCUT2D eigenvalue weighted by atomic mass is 79.9. The van der Waals surface area contributed by atoms with E-state index < -0.39 is 0 Å². The Kier molecular flexibility index (Phi) is 5.84. The molecule has 0 atom stereocenters. The van der Waals surface area contributed by atoms with Crippen LogP contribution in [0.1, 0.15) is 27.2 Å². The van der Waals surface area contributed by atoms with Crippen molar-refractivity contribution in [1.82, 2.24) is 10.3 Å². The van der Waals surface area contributed by atoms with Gasteiger partial charge in [-0.15, -0.1) is 0 Å². The zero-order chi connectivity index (χ0) is 20.2. The number of H-pyrrole nitrogens is 1. The molecule has 0 bridgehead atoms. The molecular weight excluding hydrogens is 448 g/mol. The third kappa shape index (κ3) is 4.78. The molecule has 0 saturated heterocycles. The zero-order valence-corrected chi connectivity index (χ0v) is 17.8. The van der Waals surface area contributed by atoms with Crippen LogP contribution in [-0.4, -0.2) is 10.9 Å². The first-order chi connectivity index (χ1) is 14.1. The molecule has 0 fully saturated rings. The Bertz CT molecular complexity index is 1180. The Morgan fingerprint density at radius 1 is 1.00 bits per heavy atom. The summed E-state index contributed by atoms with van der Waals surface area (Å²) >= 11 is 9.45. The molecule has 3 nitrogen and oxygen atoms in total. The third-order valence-corrected chi connectivity index (χ3v) is 5.30. The molecule has 2 N–H and O–H groups in total. The van der Waals surface area contributed by atoms with E-state index in [0.717, 1.165) is 32.2 Å². The minimum Gasteiger partial charge on any atom is -0.355 e. The van der Waals surface area contributed by atoms with Crippen LogP contribution in [0.4, 0.5) is 0 Å². The predicted octanol–water partition coefficient (Wildman–Crippen LogP) is 6.68. The summed E-state index contributed by atoms with van der Waals surface area (Å²) < 4.78 is 0.852. The third-order valence-electron chi connectivity index (χ3n) is 4.59. The van der Waals surface area contributed by atoms with E-state index in [9.17, 15) is 4.79 Å². The summed E-state index contributed by atoms with van der Waals surface area (Å²) in [5.74, 6) is -0.104. The first-order valence-corrected chi connectivity index (χ1v) is 10.3. The second-order valence-corrected chi connectivity index (χ2v) is 8.04. The minimum absolute atomic E-state index is 0.104. The van der Waals surface area contributed by atoms with E-state index in [-0.39, 0.29) is 5.91 Å². The molecule has 4 aromatic rings. The van der Waals surface area contributed by atoms with Crippen LogP contribution in [-0.2, 0) is 6.54 Å². The number of fused-ring (bicyclic) bond motifs is 1. The van der Waals surface area contributed by atoms with E-state index in [2.05, 4.69) is 26.2 Å². The number of nitrogens with one attached hydrogen (secondary N) is 2. The zero-order valence-electron chi connectivity index (χ0n) is 15.5. The summed E-state index contributed by atoms with van der Waals surface area (Å²) in [5.41, 5.74) is 4.57. The van der Waals surface area contributed by atoms with Gasteiger partial charge in [0.2, 0.25) is 0 Å². The molecule has 29 heavy (non-hydrogen) atoms. The highest BCUT2D eigenvalue weighted by Crippen LogP contribution is 2.26. The molecule has 5 heteroatoms. The molecule has 0 saturated carbocycles. The number of benzene rings is 3. The fourth-order valence-corrected chi connectivity index (χ4v) is 3.72. The summed E-state index contributed by atoms with van der Waals surface area (Å²) in [6.45, 7) is 0.488. The van der Waals surface area contributed by atoms with E-state index in [1.807, 2.05) is 84.9 Å². The molecule has 144 valence electrons. The fourth-order valence-electron chi connectivity index (χ4n) is 3.14.